The van der Waals surface area contributed by atoms with Crippen LogP contribution in [0.3, 0.4) is 0 Å². The Morgan fingerprint density at radius 2 is 1.85 bits per heavy atom. The molecule has 6 nitrogen and oxygen atoms in total. The van der Waals surface area contributed by atoms with Crippen LogP contribution < -0.4 is 4.90 Å². The van der Waals surface area contributed by atoms with Gasteiger partial charge in [-0.05, 0) is 26.0 Å². The van der Waals surface area contributed by atoms with Crippen LogP contribution in [0.15, 0.2) is 18.3 Å². The quantitative estimate of drug-likeness (QED) is 0.658. The lowest BCUT2D eigenvalue weighted by atomic mass is 10.2. The first kappa shape index (κ1) is 16.4. The van der Waals surface area contributed by atoms with Gasteiger partial charge in [0.15, 0.2) is 0 Å². The van der Waals surface area contributed by atoms with E-state index in [0.717, 1.165) is 0 Å². The normalized spacial score (nSPS) is 10.5. The number of carboxylic acids is 1. The summed E-state index contributed by atoms with van der Waals surface area (Å²) in [4.78, 5) is 17.3. The van der Waals surface area contributed by atoms with Crippen molar-refractivity contribution in [3.8, 4) is 0 Å². The Bertz CT molecular complexity index is 402. The lowest BCUT2D eigenvalue weighted by molar-refractivity contribution is 0.0696. The molecule has 1 rings (SSSR count). The minimum atomic E-state index is -0.981. The molecule has 1 aromatic rings. The number of nitrogens with zero attached hydrogens (tertiary/aromatic N) is 2. The highest BCUT2D eigenvalue weighted by atomic mass is 16.5. The molecule has 112 valence electrons. The van der Waals surface area contributed by atoms with Gasteiger partial charge in [-0.25, -0.2) is 9.78 Å². The minimum Gasteiger partial charge on any atom is -0.478 e. The second-order valence-electron chi connectivity index (χ2n) is 4.06. The van der Waals surface area contributed by atoms with E-state index in [2.05, 4.69) is 4.98 Å². The van der Waals surface area contributed by atoms with Gasteiger partial charge in [-0.2, -0.15) is 0 Å². The average molecular weight is 282 g/mol. The van der Waals surface area contributed by atoms with Crippen molar-refractivity contribution in [1.82, 2.24) is 4.98 Å². The fourth-order valence-electron chi connectivity index (χ4n) is 1.78. The zero-order valence-corrected chi connectivity index (χ0v) is 12.0. The number of rotatable bonds is 10. The predicted molar refractivity (Wildman–Crippen MR) is 76.4 cm³/mol. The van der Waals surface area contributed by atoms with Crippen LogP contribution in [0.4, 0.5) is 5.82 Å². The van der Waals surface area contributed by atoms with Crippen LogP contribution in [-0.4, -0.2) is 55.6 Å². The third-order valence-corrected chi connectivity index (χ3v) is 2.74. The van der Waals surface area contributed by atoms with Crippen LogP contribution in [0.5, 0.6) is 0 Å². The molecule has 20 heavy (non-hydrogen) atoms. The Labute approximate surface area is 119 Å². The molecule has 0 radical (unpaired) electrons. The third-order valence-electron chi connectivity index (χ3n) is 2.74. The van der Waals surface area contributed by atoms with Gasteiger partial charge >= 0.3 is 5.97 Å². The molecule has 0 saturated carbocycles. The number of aromatic nitrogens is 1. The molecule has 0 bridgehead atoms. The number of pyridine rings is 1. The lowest BCUT2D eigenvalue weighted by Crippen LogP contribution is -2.33. The summed E-state index contributed by atoms with van der Waals surface area (Å²) < 4.78 is 10.7. The van der Waals surface area contributed by atoms with E-state index >= 15 is 0 Å². The van der Waals surface area contributed by atoms with Crippen LogP contribution >= 0.6 is 0 Å². The summed E-state index contributed by atoms with van der Waals surface area (Å²) >= 11 is 0. The van der Waals surface area contributed by atoms with Crippen LogP contribution in [0.25, 0.3) is 0 Å². The molecule has 0 aliphatic rings. The molecular weight excluding hydrogens is 260 g/mol. The molecule has 0 saturated heterocycles. The van der Waals surface area contributed by atoms with Gasteiger partial charge in [0.2, 0.25) is 0 Å². The van der Waals surface area contributed by atoms with Crippen LogP contribution in [0.2, 0.25) is 0 Å². The first-order valence-corrected chi connectivity index (χ1v) is 6.79. The molecule has 0 aromatic carbocycles. The molecule has 1 aromatic heterocycles. The lowest BCUT2D eigenvalue weighted by Gasteiger charge is -2.24. The topological polar surface area (TPSA) is 71.9 Å². The van der Waals surface area contributed by atoms with E-state index in [4.69, 9.17) is 9.47 Å². The largest absolute Gasteiger partial charge is 0.478 e. The Morgan fingerprint density at radius 3 is 2.35 bits per heavy atom. The number of carbonyl (C=O) groups is 1. The second-order valence-corrected chi connectivity index (χ2v) is 4.06. The second kappa shape index (κ2) is 9.28. The fourth-order valence-corrected chi connectivity index (χ4v) is 1.78. The molecule has 1 N–H and O–H groups in total. The minimum absolute atomic E-state index is 0.195. The van der Waals surface area contributed by atoms with Crippen molar-refractivity contribution in [3.63, 3.8) is 0 Å². The van der Waals surface area contributed by atoms with Gasteiger partial charge in [-0.15, -0.1) is 0 Å². The van der Waals surface area contributed by atoms with Gasteiger partial charge in [0.1, 0.15) is 11.4 Å². The number of hydrogen-bond donors (Lipinski definition) is 1. The van der Waals surface area contributed by atoms with Gasteiger partial charge in [-0.3, -0.25) is 0 Å². The number of carboxylic acid groups (broad SMARTS) is 1. The van der Waals surface area contributed by atoms with Crippen LogP contribution in [0.1, 0.15) is 24.2 Å². The van der Waals surface area contributed by atoms with Crippen molar-refractivity contribution < 1.29 is 19.4 Å². The van der Waals surface area contributed by atoms with E-state index in [9.17, 15) is 9.90 Å². The van der Waals surface area contributed by atoms with Crippen molar-refractivity contribution >= 4 is 11.8 Å². The molecule has 0 fully saturated rings. The monoisotopic (exact) mass is 282 g/mol. The van der Waals surface area contributed by atoms with E-state index in [1.165, 1.54) is 0 Å². The Hall–Kier alpha value is -1.66. The maximum Gasteiger partial charge on any atom is 0.339 e. The molecule has 0 amide bonds. The van der Waals surface area contributed by atoms with Gasteiger partial charge in [0.05, 0.1) is 13.2 Å². The summed E-state index contributed by atoms with van der Waals surface area (Å²) in [5.41, 5.74) is 0.195. The molecule has 6 heteroatoms. The summed E-state index contributed by atoms with van der Waals surface area (Å²) in [5.74, 6) is -0.523. The number of hydrogen-bond acceptors (Lipinski definition) is 5. The van der Waals surface area contributed by atoms with Crippen LogP contribution in [0, 0.1) is 0 Å². The fraction of sp³-hybridized carbons (Fsp3) is 0.571. The highest BCUT2D eigenvalue weighted by molar-refractivity contribution is 5.93. The first-order valence-electron chi connectivity index (χ1n) is 6.79. The zero-order valence-electron chi connectivity index (χ0n) is 12.0. The summed E-state index contributed by atoms with van der Waals surface area (Å²) in [6.07, 6.45) is 1.59. The maximum atomic E-state index is 11.3. The van der Waals surface area contributed by atoms with Crippen molar-refractivity contribution in [1.29, 1.82) is 0 Å². The molecular formula is C14H22N2O4. The molecule has 0 atom stereocenters. The van der Waals surface area contributed by atoms with Gasteiger partial charge in [0, 0.05) is 32.5 Å². The van der Waals surface area contributed by atoms with Crippen molar-refractivity contribution in [3.05, 3.63) is 23.9 Å². The SMILES string of the molecule is CCOCCN(CCOCC)c1ncccc1C(=O)O. The summed E-state index contributed by atoms with van der Waals surface area (Å²) in [7, 11) is 0. The predicted octanol–water partition coefficient (Wildman–Crippen LogP) is 1.66. The van der Waals surface area contributed by atoms with E-state index < -0.39 is 5.97 Å². The maximum absolute atomic E-state index is 11.3. The van der Waals surface area contributed by atoms with Gasteiger partial charge in [-0.1, -0.05) is 0 Å². The molecule has 0 spiro atoms. The number of anilines is 1. The van der Waals surface area contributed by atoms with Crippen molar-refractivity contribution in [2.75, 3.05) is 44.4 Å². The summed E-state index contributed by atoms with van der Waals surface area (Å²) in [5, 5.41) is 9.23. The van der Waals surface area contributed by atoms with E-state index in [1.807, 2.05) is 18.7 Å². The Kier molecular flexibility index (Phi) is 7.60. The Balaban J connectivity index is 2.81. The van der Waals surface area contributed by atoms with Gasteiger partial charge < -0.3 is 19.5 Å². The number of ether oxygens (including phenoxy) is 2. The highest BCUT2D eigenvalue weighted by Crippen LogP contribution is 2.16. The highest BCUT2D eigenvalue weighted by Gasteiger charge is 2.16. The summed E-state index contributed by atoms with van der Waals surface area (Å²) in [6, 6.07) is 3.18. The standard InChI is InChI=1S/C14H22N2O4/c1-3-19-10-8-16(9-11-20-4-2)13-12(14(17)18)6-5-7-15-13/h5-7H,3-4,8-11H2,1-2H3,(H,17,18). The van der Waals surface area contributed by atoms with Crippen molar-refractivity contribution in [2.45, 2.75) is 13.8 Å². The number of aromatic carboxylic acids is 1. The third kappa shape index (κ3) is 5.14. The van der Waals surface area contributed by atoms with Crippen molar-refractivity contribution in [2.24, 2.45) is 0 Å². The first-order chi connectivity index (χ1) is 9.70. The van der Waals surface area contributed by atoms with E-state index in [1.54, 1.807) is 18.3 Å². The van der Waals surface area contributed by atoms with E-state index in [0.29, 0.717) is 45.3 Å². The smallest absolute Gasteiger partial charge is 0.339 e. The molecule has 0 unspecified atom stereocenters. The van der Waals surface area contributed by atoms with E-state index in [-0.39, 0.29) is 5.56 Å². The summed E-state index contributed by atoms with van der Waals surface area (Å²) in [6.45, 7) is 7.33. The average Bonchev–Trinajstić information content (AvgIpc) is 2.46. The van der Waals surface area contributed by atoms with Gasteiger partial charge in [0.25, 0.3) is 0 Å². The molecule has 0 aliphatic carbocycles. The zero-order chi connectivity index (χ0) is 14.8. The Morgan fingerprint density at radius 1 is 1.25 bits per heavy atom. The van der Waals surface area contributed by atoms with Crippen LogP contribution in [-0.2, 0) is 9.47 Å². The molecule has 1 heterocycles. The molecule has 0 aliphatic heterocycles.